The number of rotatable bonds is 5. The smallest absolute Gasteiger partial charge is 0.191 e. The quantitative estimate of drug-likeness (QED) is 0.320. The number of hydrogen-bond acceptors (Lipinski definition) is 2. The minimum atomic E-state index is 0. The predicted molar refractivity (Wildman–Crippen MR) is 127 cm³/mol. The van der Waals surface area contributed by atoms with Crippen LogP contribution in [0.25, 0.3) is 5.69 Å². The molecule has 2 N–H and O–H groups in total. The van der Waals surface area contributed by atoms with Crippen LogP contribution in [-0.2, 0) is 13.1 Å². The molecular weight excluding hydrogens is 461 g/mol. The number of halogens is 1. The molecule has 0 amide bonds. The summed E-state index contributed by atoms with van der Waals surface area (Å²) in [6, 6.07) is 18.6. The number of aliphatic imine (C=N–C) groups is 1. The molecule has 3 aromatic rings. The monoisotopic (exact) mass is 489 g/mol. The molecule has 6 heteroatoms. The van der Waals surface area contributed by atoms with Crippen LogP contribution in [0.4, 0.5) is 0 Å². The predicted octanol–water partition coefficient (Wildman–Crippen LogP) is 4.28. The minimum Gasteiger partial charge on any atom is -0.352 e. The maximum Gasteiger partial charge on any atom is 0.191 e. The van der Waals surface area contributed by atoms with Crippen LogP contribution in [0, 0.1) is 20.8 Å². The fraction of sp³-hybridized carbons (Fsp3) is 0.273. The van der Waals surface area contributed by atoms with Crippen LogP contribution in [0.3, 0.4) is 0 Å². The maximum absolute atomic E-state index is 4.71. The van der Waals surface area contributed by atoms with E-state index in [1.807, 2.05) is 29.8 Å². The number of aromatic nitrogens is 2. The first-order chi connectivity index (χ1) is 13.1. The lowest BCUT2D eigenvalue weighted by Gasteiger charge is -2.13. The van der Waals surface area contributed by atoms with Gasteiger partial charge in [0.2, 0.25) is 0 Å². The van der Waals surface area contributed by atoms with E-state index in [2.05, 4.69) is 65.9 Å². The Balaban J connectivity index is 0.00000280. The SMILES string of the molecule is CN=C(NCc1ccccc1C)NCc1c(C)nn(-c2ccccc2)c1C.I. The van der Waals surface area contributed by atoms with Crippen molar-refractivity contribution in [1.29, 1.82) is 0 Å². The van der Waals surface area contributed by atoms with Gasteiger partial charge < -0.3 is 10.6 Å². The van der Waals surface area contributed by atoms with Gasteiger partial charge in [0.1, 0.15) is 0 Å². The Labute approximate surface area is 184 Å². The van der Waals surface area contributed by atoms with E-state index in [0.29, 0.717) is 6.54 Å². The summed E-state index contributed by atoms with van der Waals surface area (Å²) in [7, 11) is 1.79. The van der Waals surface area contributed by atoms with Crippen molar-refractivity contribution < 1.29 is 0 Å². The number of benzene rings is 2. The van der Waals surface area contributed by atoms with Gasteiger partial charge in [-0.1, -0.05) is 42.5 Å². The standard InChI is InChI=1S/C22H27N5.HI/c1-16-10-8-9-11-19(16)14-24-22(23-4)25-15-21-17(2)26-27(18(21)3)20-12-6-5-7-13-20;/h5-13H,14-15H2,1-4H3,(H2,23,24,25);1H. The molecule has 1 heterocycles. The molecule has 28 heavy (non-hydrogen) atoms. The van der Waals surface area contributed by atoms with Crippen molar-refractivity contribution in [1.82, 2.24) is 20.4 Å². The summed E-state index contributed by atoms with van der Waals surface area (Å²) in [5.41, 5.74) is 6.98. The first-order valence-corrected chi connectivity index (χ1v) is 9.19. The fourth-order valence-corrected chi connectivity index (χ4v) is 3.13. The lowest BCUT2D eigenvalue weighted by atomic mass is 10.1. The van der Waals surface area contributed by atoms with Crippen molar-refractivity contribution in [2.75, 3.05) is 7.05 Å². The molecule has 0 radical (unpaired) electrons. The van der Waals surface area contributed by atoms with Crippen LogP contribution in [0.5, 0.6) is 0 Å². The molecule has 0 atom stereocenters. The van der Waals surface area contributed by atoms with Gasteiger partial charge in [-0.25, -0.2) is 4.68 Å². The van der Waals surface area contributed by atoms with E-state index < -0.39 is 0 Å². The number of hydrogen-bond donors (Lipinski definition) is 2. The number of nitrogens with zero attached hydrogens (tertiary/aromatic N) is 3. The average molecular weight is 489 g/mol. The van der Waals surface area contributed by atoms with Crippen molar-refractivity contribution in [2.45, 2.75) is 33.9 Å². The summed E-state index contributed by atoms with van der Waals surface area (Å²) in [6.45, 7) is 7.70. The van der Waals surface area contributed by atoms with Crippen LogP contribution in [0.15, 0.2) is 59.6 Å². The summed E-state index contributed by atoms with van der Waals surface area (Å²) in [6.07, 6.45) is 0. The highest BCUT2D eigenvalue weighted by Crippen LogP contribution is 2.17. The van der Waals surface area contributed by atoms with E-state index in [1.54, 1.807) is 7.05 Å². The molecule has 0 aliphatic carbocycles. The molecule has 5 nitrogen and oxygen atoms in total. The van der Waals surface area contributed by atoms with Crippen LogP contribution < -0.4 is 10.6 Å². The van der Waals surface area contributed by atoms with E-state index >= 15 is 0 Å². The van der Waals surface area contributed by atoms with Gasteiger partial charge in [-0.05, 0) is 44.0 Å². The summed E-state index contributed by atoms with van der Waals surface area (Å²) >= 11 is 0. The second-order valence-corrected chi connectivity index (χ2v) is 6.60. The lowest BCUT2D eigenvalue weighted by Crippen LogP contribution is -2.36. The molecular formula is C22H28IN5. The van der Waals surface area contributed by atoms with Crippen LogP contribution >= 0.6 is 24.0 Å². The van der Waals surface area contributed by atoms with Crippen molar-refractivity contribution in [3.8, 4) is 5.69 Å². The van der Waals surface area contributed by atoms with E-state index in [-0.39, 0.29) is 24.0 Å². The Morgan fingerprint density at radius 3 is 2.25 bits per heavy atom. The Bertz CT molecular complexity index is 931. The minimum absolute atomic E-state index is 0. The Morgan fingerprint density at radius 1 is 0.929 bits per heavy atom. The van der Waals surface area contributed by atoms with Gasteiger partial charge in [0.15, 0.2) is 5.96 Å². The normalized spacial score (nSPS) is 11.1. The molecule has 148 valence electrons. The first kappa shape index (κ1) is 21.9. The summed E-state index contributed by atoms with van der Waals surface area (Å²) < 4.78 is 2.00. The van der Waals surface area contributed by atoms with Crippen LogP contribution in [-0.4, -0.2) is 22.8 Å². The topological polar surface area (TPSA) is 54.2 Å². The Kier molecular flexibility index (Phi) is 8.04. The molecule has 2 aromatic carbocycles. The second-order valence-electron chi connectivity index (χ2n) is 6.60. The number of nitrogens with one attached hydrogen (secondary N) is 2. The van der Waals surface area contributed by atoms with Gasteiger partial charge in [-0.15, -0.1) is 24.0 Å². The second kappa shape index (κ2) is 10.3. The molecule has 0 bridgehead atoms. The highest BCUT2D eigenvalue weighted by molar-refractivity contribution is 14.0. The van der Waals surface area contributed by atoms with Crippen LogP contribution in [0.1, 0.15) is 28.1 Å². The molecule has 0 unspecified atom stereocenters. The van der Waals surface area contributed by atoms with E-state index in [0.717, 1.165) is 29.6 Å². The van der Waals surface area contributed by atoms with E-state index in [9.17, 15) is 0 Å². The molecule has 0 aliphatic heterocycles. The zero-order valence-electron chi connectivity index (χ0n) is 16.9. The number of guanidine groups is 1. The Hall–Kier alpha value is -2.35. The van der Waals surface area contributed by atoms with Crippen molar-refractivity contribution in [2.24, 2.45) is 4.99 Å². The third kappa shape index (κ3) is 5.13. The van der Waals surface area contributed by atoms with Gasteiger partial charge >= 0.3 is 0 Å². The zero-order chi connectivity index (χ0) is 19.2. The molecule has 1 aromatic heterocycles. The molecule has 0 saturated carbocycles. The van der Waals surface area contributed by atoms with Gasteiger partial charge in [0.05, 0.1) is 11.4 Å². The Morgan fingerprint density at radius 2 is 1.57 bits per heavy atom. The van der Waals surface area contributed by atoms with Crippen molar-refractivity contribution >= 4 is 29.9 Å². The number of para-hydroxylation sites is 1. The number of aryl methyl sites for hydroxylation is 2. The van der Waals surface area contributed by atoms with Crippen LogP contribution in [0.2, 0.25) is 0 Å². The highest BCUT2D eigenvalue weighted by atomic mass is 127. The van der Waals surface area contributed by atoms with Gasteiger partial charge in [-0.3, -0.25) is 4.99 Å². The van der Waals surface area contributed by atoms with E-state index in [1.165, 1.54) is 16.7 Å². The molecule has 0 aliphatic rings. The largest absolute Gasteiger partial charge is 0.352 e. The maximum atomic E-state index is 4.71. The van der Waals surface area contributed by atoms with Gasteiger partial charge in [0.25, 0.3) is 0 Å². The van der Waals surface area contributed by atoms with Crippen molar-refractivity contribution in [3.05, 3.63) is 82.7 Å². The molecule has 3 rings (SSSR count). The first-order valence-electron chi connectivity index (χ1n) is 9.19. The highest BCUT2D eigenvalue weighted by Gasteiger charge is 2.13. The lowest BCUT2D eigenvalue weighted by molar-refractivity contribution is 0.798. The fourth-order valence-electron chi connectivity index (χ4n) is 3.13. The summed E-state index contributed by atoms with van der Waals surface area (Å²) in [4.78, 5) is 4.34. The average Bonchev–Trinajstić information content (AvgIpc) is 2.98. The third-order valence-electron chi connectivity index (χ3n) is 4.81. The van der Waals surface area contributed by atoms with Crippen molar-refractivity contribution in [3.63, 3.8) is 0 Å². The van der Waals surface area contributed by atoms with Gasteiger partial charge in [-0.2, -0.15) is 5.10 Å². The molecule has 0 spiro atoms. The summed E-state index contributed by atoms with van der Waals surface area (Å²) in [5.74, 6) is 0.782. The molecule has 0 fully saturated rings. The zero-order valence-corrected chi connectivity index (χ0v) is 19.2. The summed E-state index contributed by atoms with van der Waals surface area (Å²) in [5, 5.41) is 11.5. The molecule has 0 saturated heterocycles. The van der Waals surface area contributed by atoms with Gasteiger partial charge in [0, 0.05) is 31.4 Å². The van der Waals surface area contributed by atoms with E-state index in [4.69, 9.17) is 5.10 Å². The third-order valence-corrected chi connectivity index (χ3v) is 4.81.